The van der Waals surface area contributed by atoms with E-state index in [0.29, 0.717) is 18.0 Å². The molecule has 1 atom stereocenters. The van der Waals surface area contributed by atoms with E-state index in [0.717, 1.165) is 25.9 Å². The van der Waals surface area contributed by atoms with Gasteiger partial charge in [-0.2, -0.15) is 0 Å². The minimum atomic E-state index is -3.46. The number of piperidine rings is 1. The molecule has 1 fully saturated rings. The monoisotopic (exact) mass is 310 g/mol. The van der Waals surface area contributed by atoms with Crippen LogP contribution in [0.3, 0.4) is 0 Å². The van der Waals surface area contributed by atoms with Crippen LogP contribution in [0.2, 0.25) is 0 Å². The fourth-order valence-electron chi connectivity index (χ4n) is 2.61. The van der Waals surface area contributed by atoms with E-state index in [1.807, 2.05) is 4.90 Å². The fourth-order valence-corrected chi connectivity index (χ4v) is 3.65. The van der Waals surface area contributed by atoms with Crippen molar-refractivity contribution in [1.82, 2.24) is 9.62 Å². The average molecular weight is 310 g/mol. The van der Waals surface area contributed by atoms with E-state index in [2.05, 4.69) is 11.6 Å². The molecule has 1 aliphatic rings. The Morgan fingerprint density at radius 1 is 1.33 bits per heavy atom. The van der Waals surface area contributed by atoms with Crippen LogP contribution < -0.4 is 4.72 Å². The molecule has 1 aromatic carbocycles. The lowest BCUT2D eigenvalue weighted by Gasteiger charge is -2.31. The molecule has 1 unspecified atom stereocenters. The molecule has 0 radical (unpaired) electrons. The van der Waals surface area contributed by atoms with Gasteiger partial charge in [-0.25, -0.2) is 13.1 Å². The minimum absolute atomic E-state index is 0.0195. The van der Waals surface area contributed by atoms with Crippen LogP contribution >= 0.6 is 0 Å². The Hall–Kier alpha value is -1.40. The molecular weight excluding hydrogens is 288 g/mol. The summed E-state index contributed by atoms with van der Waals surface area (Å²) in [5.41, 5.74) is 0.541. The largest absolute Gasteiger partial charge is 0.338 e. The third-order valence-electron chi connectivity index (χ3n) is 3.69. The third kappa shape index (κ3) is 3.83. The van der Waals surface area contributed by atoms with Crippen LogP contribution in [0.4, 0.5) is 0 Å². The van der Waals surface area contributed by atoms with E-state index in [-0.39, 0.29) is 10.8 Å². The van der Waals surface area contributed by atoms with Crippen molar-refractivity contribution >= 4 is 15.9 Å². The molecule has 2 rings (SSSR count). The number of nitrogens with one attached hydrogen (secondary N) is 1. The number of nitrogens with zero attached hydrogens (tertiary/aromatic N) is 1. The number of hydrogen-bond donors (Lipinski definition) is 1. The van der Waals surface area contributed by atoms with Gasteiger partial charge in [-0.05, 0) is 43.0 Å². The Kier molecular flexibility index (Phi) is 5.00. The number of likely N-dealkylation sites (tertiary alicyclic amines) is 1. The first kappa shape index (κ1) is 16.0. The zero-order chi connectivity index (χ0) is 15.5. The predicted molar refractivity (Wildman–Crippen MR) is 81.6 cm³/mol. The van der Waals surface area contributed by atoms with Gasteiger partial charge < -0.3 is 4.90 Å². The van der Waals surface area contributed by atoms with E-state index in [1.54, 1.807) is 19.1 Å². The summed E-state index contributed by atoms with van der Waals surface area (Å²) < 4.78 is 26.1. The smallest absolute Gasteiger partial charge is 0.253 e. The summed E-state index contributed by atoms with van der Waals surface area (Å²) in [7, 11) is -3.46. The van der Waals surface area contributed by atoms with Gasteiger partial charge in [0.1, 0.15) is 0 Å². The van der Waals surface area contributed by atoms with Gasteiger partial charge in [0.05, 0.1) is 4.90 Å². The lowest BCUT2D eigenvalue weighted by molar-refractivity contribution is 0.0683. The highest BCUT2D eigenvalue weighted by molar-refractivity contribution is 7.89. The van der Waals surface area contributed by atoms with Crippen molar-refractivity contribution in [3.8, 4) is 0 Å². The summed E-state index contributed by atoms with van der Waals surface area (Å²) in [6, 6.07) is 6.15. The molecule has 1 heterocycles. The summed E-state index contributed by atoms with van der Waals surface area (Å²) in [5.74, 6) is 0.505. The topological polar surface area (TPSA) is 66.5 Å². The number of amides is 1. The quantitative estimate of drug-likeness (QED) is 0.923. The molecule has 5 nitrogen and oxygen atoms in total. The van der Waals surface area contributed by atoms with Crippen LogP contribution in [0.5, 0.6) is 0 Å². The Balaban J connectivity index is 2.13. The Bertz CT molecular complexity index is 596. The zero-order valence-corrected chi connectivity index (χ0v) is 13.3. The molecule has 1 aromatic rings. The second kappa shape index (κ2) is 6.58. The first-order valence-corrected chi connectivity index (χ1v) is 8.81. The molecular formula is C15H22N2O3S. The van der Waals surface area contributed by atoms with Crippen LogP contribution in [0, 0.1) is 5.92 Å². The molecule has 0 saturated carbocycles. The van der Waals surface area contributed by atoms with Gasteiger partial charge in [-0.15, -0.1) is 0 Å². The maximum Gasteiger partial charge on any atom is 0.253 e. The fraction of sp³-hybridized carbons (Fsp3) is 0.533. The standard InChI is InChI=1S/C15H22N2O3S/c1-3-16-21(19,20)14-8-6-13(7-9-14)15(18)17-10-4-5-12(2)11-17/h6-9,12,16H,3-5,10-11H2,1-2H3. The van der Waals surface area contributed by atoms with Gasteiger partial charge in [0.15, 0.2) is 0 Å². The van der Waals surface area contributed by atoms with Gasteiger partial charge in [-0.1, -0.05) is 13.8 Å². The molecule has 21 heavy (non-hydrogen) atoms. The van der Waals surface area contributed by atoms with Gasteiger partial charge >= 0.3 is 0 Å². The van der Waals surface area contributed by atoms with E-state index in [1.165, 1.54) is 12.1 Å². The molecule has 0 aliphatic carbocycles. The van der Waals surface area contributed by atoms with Gasteiger partial charge in [0.25, 0.3) is 5.91 Å². The van der Waals surface area contributed by atoms with E-state index < -0.39 is 10.0 Å². The lowest BCUT2D eigenvalue weighted by Crippen LogP contribution is -2.39. The van der Waals surface area contributed by atoms with Crippen molar-refractivity contribution in [2.24, 2.45) is 5.92 Å². The molecule has 6 heteroatoms. The van der Waals surface area contributed by atoms with Crippen molar-refractivity contribution in [2.45, 2.75) is 31.6 Å². The van der Waals surface area contributed by atoms with E-state index >= 15 is 0 Å². The Labute approximate surface area is 126 Å². The van der Waals surface area contributed by atoms with Crippen molar-refractivity contribution in [3.63, 3.8) is 0 Å². The second-order valence-corrected chi connectivity index (χ2v) is 7.29. The normalized spacial score (nSPS) is 19.5. The average Bonchev–Trinajstić information content (AvgIpc) is 2.46. The van der Waals surface area contributed by atoms with Gasteiger partial charge in [0.2, 0.25) is 10.0 Å². The van der Waals surface area contributed by atoms with E-state index in [4.69, 9.17) is 0 Å². The van der Waals surface area contributed by atoms with Crippen molar-refractivity contribution in [3.05, 3.63) is 29.8 Å². The molecule has 1 N–H and O–H groups in total. The summed E-state index contributed by atoms with van der Waals surface area (Å²) in [6.45, 7) is 5.77. The molecule has 116 valence electrons. The van der Waals surface area contributed by atoms with Crippen molar-refractivity contribution in [1.29, 1.82) is 0 Å². The maximum absolute atomic E-state index is 12.4. The molecule has 0 spiro atoms. The van der Waals surface area contributed by atoms with Crippen LogP contribution in [0.1, 0.15) is 37.0 Å². The maximum atomic E-state index is 12.4. The zero-order valence-electron chi connectivity index (χ0n) is 12.5. The SMILES string of the molecule is CCNS(=O)(=O)c1ccc(C(=O)N2CCCC(C)C2)cc1. The molecule has 0 bridgehead atoms. The molecule has 1 aliphatic heterocycles. The summed E-state index contributed by atoms with van der Waals surface area (Å²) in [4.78, 5) is 14.4. The Morgan fingerprint density at radius 2 is 2.00 bits per heavy atom. The number of carbonyl (C=O) groups excluding carboxylic acids is 1. The van der Waals surface area contributed by atoms with Crippen molar-refractivity contribution < 1.29 is 13.2 Å². The number of carbonyl (C=O) groups is 1. The summed E-state index contributed by atoms with van der Waals surface area (Å²) >= 11 is 0. The molecule has 0 aromatic heterocycles. The number of hydrogen-bond acceptors (Lipinski definition) is 3. The first-order valence-electron chi connectivity index (χ1n) is 7.33. The Morgan fingerprint density at radius 3 is 2.57 bits per heavy atom. The van der Waals surface area contributed by atoms with Crippen molar-refractivity contribution in [2.75, 3.05) is 19.6 Å². The summed E-state index contributed by atoms with van der Waals surface area (Å²) in [6.07, 6.45) is 2.18. The first-order chi connectivity index (χ1) is 9.94. The van der Waals surface area contributed by atoms with Crippen LogP contribution in [0.15, 0.2) is 29.2 Å². The second-order valence-electron chi connectivity index (χ2n) is 5.52. The number of benzene rings is 1. The summed E-state index contributed by atoms with van der Waals surface area (Å²) in [5, 5.41) is 0. The third-order valence-corrected chi connectivity index (χ3v) is 5.25. The predicted octanol–water partition coefficient (Wildman–Crippen LogP) is 1.86. The minimum Gasteiger partial charge on any atom is -0.338 e. The van der Waals surface area contributed by atoms with E-state index in [9.17, 15) is 13.2 Å². The van der Waals surface area contributed by atoms with Gasteiger partial charge in [-0.3, -0.25) is 4.79 Å². The highest BCUT2D eigenvalue weighted by Gasteiger charge is 2.22. The highest BCUT2D eigenvalue weighted by atomic mass is 32.2. The van der Waals surface area contributed by atoms with Crippen LogP contribution in [0.25, 0.3) is 0 Å². The molecule has 1 amide bonds. The lowest BCUT2D eigenvalue weighted by atomic mass is 9.99. The van der Waals surface area contributed by atoms with Crippen LogP contribution in [-0.4, -0.2) is 38.9 Å². The number of sulfonamides is 1. The number of rotatable bonds is 4. The van der Waals surface area contributed by atoms with Crippen LogP contribution in [-0.2, 0) is 10.0 Å². The van der Waals surface area contributed by atoms with Gasteiger partial charge in [0, 0.05) is 25.2 Å². The molecule has 1 saturated heterocycles. The highest BCUT2D eigenvalue weighted by Crippen LogP contribution is 2.19.